The molecule has 72 valence electrons. The Kier molecular flexibility index (Phi) is 2.63. The third kappa shape index (κ3) is 1.69. The number of hydrogen-bond acceptors (Lipinski definition) is 2. The van der Waals surface area contributed by atoms with E-state index in [0.29, 0.717) is 12.2 Å². The van der Waals surface area contributed by atoms with Gasteiger partial charge < -0.3 is 4.74 Å². The maximum absolute atomic E-state index is 10.3. The Morgan fingerprint density at radius 2 is 2.14 bits per heavy atom. The lowest BCUT2D eigenvalue weighted by atomic mass is 10.0. The van der Waals surface area contributed by atoms with E-state index in [1.54, 1.807) is 0 Å². The Labute approximate surface area is 83.2 Å². The fraction of sp³-hybridized carbons (Fsp3) is 0.250. The average molecular weight is 188 g/mol. The summed E-state index contributed by atoms with van der Waals surface area (Å²) in [5, 5.41) is 0. The maximum Gasteiger partial charge on any atom is 0.298 e. The summed E-state index contributed by atoms with van der Waals surface area (Å²) >= 11 is 0. The van der Waals surface area contributed by atoms with Gasteiger partial charge in [-0.2, -0.15) is 0 Å². The lowest BCUT2D eigenvalue weighted by Crippen LogP contribution is -1.93. The van der Waals surface area contributed by atoms with E-state index in [2.05, 4.69) is 6.08 Å². The van der Waals surface area contributed by atoms with Crippen molar-refractivity contribution < 1.29 is 9.53 Å². The Bertz CT molecular complexity index is 366. The third-order valence-electron chi connectivity index (χ3n) is 2.45. The lowest BCUT2D eigenvalue weighted by molar-refractivity contribution is -0.120. The molecule has 1 aliphatic rings. The number of hydrogen-bond donors (Lipinski definition) is 0. The van der Waals surface area contributed by atoms with Crippen LogP contribution in [-0.2, 0) is 4.79 Å². The molecule has 0 N–H and O–H groups in total. The topological polar surface area (TPSA) is 26.3 Å². The zero-order chi connectivity index (χ0) is 9.80. The highest BCUT2D eigenvalue weighted by molar-refractivity contribution is 5.72. The summed E-state index contributed by atoms with van der Waals surface area (Å²) in [6.45, 7) is 0.481. The van der Waals surface area contributed by atoms with Crippen LogP contribution in [0.1, 0.15) is 24.8 Å². The first-order valence-corrected chi connectivity index (χ1v) is 4.80. The van der Waals surface area contributed by atoms with Gasteiger partial charge in [-0.05, 0) is 30.9 Å². The minimum absolute atomic E-state index is 0.481. The van der Waals surface area contributed by atoms with Crippen molar-refractivity contribution in [2.45, 2.75) is 19.3 Å². The van der Waals surface area contributed by atoms with E-state index in [9.17, 15) is 4.79 Å². The highest BCUT2D eigenvalue weighted by Gasteiger charge is 2.11. The van der Waals surface area contributed by atoms with Crippen molar-refractivity contribution in [3.05, 3.63) is 35.9 Å². The molecule has 1 aromatic carbocycles. The molecule has 0 unspecified atom stereocenters. The van der Waals surface area contributed by atoms with Gasteiger partial charge in [0.25, 0.3) is 6.47 Å². The minimum Gasteiger partial charge on any atom is -0.428 e. The van der Waals surface area contributed by atoms with Crippen LogP contribution in [0.25, 0.3) is 5.57 Å². The Balaban J connectivity index is 2.35. The molecule has 0 spiro atoms. The van der Waals surface area contributed by atoms with Crippen molar-refractivity contribution in [3.8, 4) is 5.75 Å². The molecule has 2 rings (SSSR count). The number of rotatable bonds is 3. The van der Waals surface area contributed by atoms with E-state index in [1.165, 1.54) is 12.0 Å². The SMILES string of the molecule is O=COc1ccccc1C1=CCCC1. The van der Waals surface area contributed by atoms with Gasteiger partial charge in [-0.3, -0.25) is 4.79 Å². The molecule has 0 aliphatic heterocycles. The van der Waals surface area contributed by atoms with Gasteiger partial charge in [-0.1, -0.05) is 24.3 Å². The van der Waals surface area contributed by atoms with Gasteiger partial charge in [0.15, 0.2) is 0 Å². The van der Waals surface area contributed by atoms with Gasteiger partial charge in [0.2, 0.25) is 0 Å². The normalized spacial score (nSPS) is 15.0. The first kappa shape index (κ1) is 9.00. The second kappa shape index (κ2) is 4.09. The number of allylic oxidation sites excluding steroid dienone is 2. The lowest BCUT2D eigenvalue weighted by Gasteiger charge is -2.07. The van der Waals surface area contributed by atoms with Crippen molar-refractivity contribution in [2.24, 2.45) is 0 Å². The van der Waals surface area contributed by atoms with Crippen LogP contribution in [0.2, 0.25) is 0 Å². The number of carbonyl (C=O) groups excluding carboxylic acids is 1. The van der Waals surface area contributed by atoms with Crippen molar-refractivity contribution >= 4 is 12.0 Å². The van der Waals surface area contributed by atoms with E-state index in [0.717, 1.165) is 18.4 Å². The largest absolute Gasteiger partial charge is 0.428 e. The predicted octanol–water partition coefficient (Wildman–Crippen LogP) is 2.79. The standard InChI is InChI=1S/C12H12O2/c13-9-14-12-8-4-3-7-11(12)10-5-1-2-6-10/h3-5,7-9H,1-2,6H2. The fourth-order valence-corrected chi connectivity index (χ4v) is 1.80. The summed E-state index contributed by atoms with van der Waals surface area (Å²) in [7, 11) is 0. The fourth-order valence-electron chi connectivity index (χ4n) is 1.80. The van der Waals surface area contributed by atoms with Gasteiger partial charge >= 0.3 is 0 Å². The van der Waals surface area contributed by atoms with Gasteiger partial charge in [0, 0.05) is 5.56 Å². The van der Waals surface area contributed by atoms with Gasteiger partial charge in [0.1, 0.15) is 5.75 Å². The summed E-state index contributed by atoms with van der Waals surface area (Å²) in [5.41, 5.74) is 2.35. The molecule has 0 heterocycles. The molecule has 0 amide bonds. The van der Waals surface area contributed by atoms with Crippen LogP contribution in [-0.4, -0.2) is 6.47 Å². The Morgan fingerprint density at radius 1 is 1.29 bits per heavy atom. The zero-order valence-electron chi connectivity index (χ0n) is 7.90. The molecule has 1 aromatic rings. The number of benzene rings is 1. The van der Waals surface area contributed by atoms with Crippen LogP contribution in [0, 0.1) is 0 Å². The molecule has 2 heteroatoms. The molecule has 14 heavy (non-hydrogen) atoms. The molecule has 1 aliphatic carbocycles. The molecule has 0 saturated heterocycles. The number of carbonyl (C=O) groups is 1. The van der Waals surface area contributed by atoms with E-state index in [-0.39, 0.29) is 0 Å². The molecule has 0 fully saturated rings. The van der Waals surface area contributed by atoms with Gasteiger partial charge in [0.05, 0.1) is 0 Å². The second-order valence-corrected chi connectivity index (χ2v) is 3.33. The molecule has 0 saturated carbocycles. The van der Waals surface area contributed by atoms with Crippen LogP contribution in [0.4, 0.5) is 0 Å². The first-order valence-electron chi connectivity index (χ1n) is 4.80. The van der Waals surface area contributed by atoms with E-state index in [4.69, 9.17) is 4.74 Å². The summed E-state index contributed by atoms with van der Waals surface area (Å²) in [6.07, 6.45) is 5.63. The quantitative estimate of drug-likeness (QED) is 0.682. The predicted molar refractivity (Wildman–Crippen MR) is 55.0 cm³/mol. The first-order chi connectivity index (χ1) is 6.92. The van der Waals surface area contributed by atoms with Crippen molar-refractivity contribution in [3.63, 3.8) is 0 Å². The molecule has 0 bridgehead atoms. The van der Waals surface area contributed by atoms with Gasteiger partial charge in [-0.15, -0.1) is 0 Å². The molecule has 0 aromatic heterocycles. The van der Waals surface area contributed by atoms with E-state index < -0.39 is 0 Å². The number of para-hydroxylation sites is 1. The second-order valence-electron chi connectivity index (χ2n) is 3.33. The molecular weight excluding hydrogens is 176 g/mol. The van der Waals surface area contributed by atoms with E-state index >= 15 is 0 Å². The van der Waals surface area contributed by atoms with Crippen LogP contribution < -0.4 is 4.74 Å². The third-order valence-corrected chi connectivity index (χ3v) is 2.45. The molecule has 2 nitrogen and oxygen atoms in total. The van der Waals surface area contributed by atoms with Crippen molar-refractivity contribution in [2.75, 3.05) is 0 Å². The van der Waals surface area contributed by atoms with Crippen LogP contribution in [0.5, 0.6) is 5.75 Å². The Hall–Kier alpha value is -1.57. The summed E-state index contributed by atoms with van der Waals surface area (Å²) in [6, 6.07) is 7.66. The van der Waals surface area contributed by atoms with Crippen LogP contribution in [0.15, 0.2) is 30.3 Å². The summed E-state index contributed by atoms with van der Waals surface area (Å²) < 4.78 is 4.93. The molecular formula is C12H12O2. The molecule has 0 atom stereocenters. The monoisotopic (exact) mass is 188 g/mol. The average Bonchev–Trinajstić information content (AvgIpc) is 2.72. The Morgan fingerprint density at radius 3 is 2.86 bits per heavy atom. The van der Waals surface area contributed by atoms with Crippen LogP contribution in [0.3, 0.4) is 0 Å². The minimum atomic E-state index is 0.481. The van der Waals surface area contributed by atoms with Crippen molar-refractivity contribution in [1.29, 1.82) is 0 Å². The summed E-state index contributed by atoms with van der Waals surface area (Å²) in [5.74, 6) is 0.663. The zero-order valence-corrected chi connectivity index (χ0v) is 7.90. The van der Waals surface area contributed by atoms with Gasteiger partial charge in [-0.25, -0.2) is 0 Å². The number of ether oxygens (including phenoxy) is 1. The van der Waals surface area contributed by atoms with Crippen molar-refractivity contribution in [1.82, 2.24) is 0 Å². The maximum atomic E-state index is 10.3. The van der Waals surface area contributed by atoms with E-state index in [1.807, 2.05) is 24.3 Å². The van der Waals surface area contributed by atoms with Crippen LogP contribution >= 0.6 is 0 Å². The smallest absolute Gasteiger partial charge is 0.298 e. The highest BCUT2D eigenvalue weighted by atomic mass is 16.5. The summed E-state index contributed by atoms with van der Waals surface area (Å²) in [4.78, 5) is 10.3. The highest BCUT2D eigenvalue weighted by Crippen LogP contribution is 2.33. The molecule has 0 radical (unpaired) electrons.